The zero-order valence-corrected chi connectivity index (χ0v) is 21.2. The Morgan fingerprint density at radius 1 is 0.595 bits per heavy atom. The Hall–Kier alpha value is -4.32. The maximum atomic E-state index is 5.36. The molecule has 0 aliphatic carbocycles. The number of H-pyrrole nitrogens is 2. The molecular formula is C26H24N6O3S2. The predicted octanol–water partition coefficient (Wildman–Crippen LogP) is 5.67. The Morgan fingerprint density at radius 3 is 1.35 bits per heavy atom. The molecule has 0 aliphatic heterocycles. The van der Waals surface area contributed by atoms with Crippen molar-refractivity contribution < 1.29 is 14.3 Å². The summed E-state index contributed by atoms with van der Waals surface area (Å²) in [6, 6.07) is 27.6. The number of benzene rings is 2. The first-order valence-electron chi connectivity index (χ1n) is 11.1. The quantitative estimate of drug-likeness (QED) is 0.266. The van der Waals surface area contributed by atoms with Gasteiger partial charge in [0.25, 0.3) is 0 Å². The second kappa shape index (κ2) is 12.1. The molecule has 0 atom stereocenters. The topological polar surface area (TPSA) is 125 Å². The number of rotatable bonds is 6. The minimum Gasteiger partial charge on any atom is -0.461 e. The molecule has 6 aromatic rings. The van der Waals surface area contributed by atoms with Gasteiger partial charge in [-0.2, -0.15) is 10.2 Å². The van der Waals surface area contributed by atoms with E-state index in [0.717, 1.165) is 0 Å². The molecule has 4 N–H and O–H groups in total. The first kappa shape index (κ1) is 25.8. The molecule has 0 saturated carbocycles. The van der Waals surface area contributed by atoms with Gasteiger partial charge in [0.15, 0.2) is 32.7 Å². The summed E-state index contributed by atoms with van der Waals surface area (Å²) in [5.41, 5.74) is 2.34. The SMILES string of the molecule is O.S=c1[nH]nc(-c2ccco2)n1Cc1ccccc1.S=c1[nH]nc(-c2ccco2)n1Cc1ccccc1. The molecule has 188 valence electrons. The van der Waals surface area contributed by atoms with Crippen molar-refractivity contribution in [2.24, 2.45) is 0 Å². The number of hydrogen-bond donors (Lipinski definition) is 2. The lowest BCUT2D eigenvalue weighted by Gasteiger charge is -2.04. The molecule has 4 heterocycles. The van der Waals surface area contributed by atoms with Crippen LogP contribution in [0.1, 0.15) is 11.1 Å². The Labute approximate surface area is 222 Å². The predicted molar refractivity (Wildman–Crippen MR) is 145 cm³/mol. The number of furan rings is 2. The van der Waals surface area contributed by atoms with Gasteiger partial charge < -0.3 is 14.3 Å². The minimum atomic E-state index is 0. The van der Waals surface area contributed by atoms with Gasteiger partial charge in [-0.3, -0.25) is 19.3 Å². The first-order valence-corrected chi connectivity index (χ1v) is 12.0. The van der Waals surface area contributed by atoms with Crippen LogP contribution in [0.2, 0.25) is 0 Å². The lowest BCUT2D eigenvalue weighted by atomic mass is 10.2. The van der Waals surface area contributed by atoms with E-state index in [9.17, 15) is 0 Å². The maximum absolute atomic E-state index is 5.36. The Balaban J connectivity index is 0.000000168. The molecule has 37 heavy (non-hydrogen) atoms. The third-order valence-electron chi connectivity index (χ3n) is 5.37. The van der Waals surface area contributed by atoms with Crippen LogP contribution in [0.3, 0.4) is 0 Å². The molecule has 4 aromatic heterocycles. The van der Waals surface area contributed by atoms with Crippen molar-refractivity contribution in [3.63, 3.8) is 0 Å². The molecule has 0 radical (unpaired) electrons. The van der Waals surface area contributed by atoms with Crippen LogP contribution in [-0.4, -0.2) is 35.0 Å². The van der Waals surface area contributed by atoms with Gasteiger partial charge in [-0.15, -0.1) is 0 Å². The Kier molecular flexibility index (Phi) is 8.41. The zero-order valence-electron chi connectivity index (χ0n) is 19.6. The van der Waals surface area contributed by atoms with Crippen LogP contribution in [-0.2, 0) is 13.1 Å². The number of aromatic nitrogens is 6. The van der Waals surface area contributed by atoms with Crippen molar-refractivity contribution in [2.75, 3.05) is 0 Å². The van der Waals surface area contributed by atoms with Crippen LogP contribution in [0.4, 0.5) is 0 Å². The molecule has 2 aromatic carbocycles. The fourth-order valence-electron chi connectivity index (χ4n) is 3.65. The van der Waals surface area contributed by atoms with E-state index in [1.54, 1.807) is 12.5 Å². The fraction of sp³-hybridized carbons (Fsp3) is 0.0769. The van der Waals surface area contributed by atoms with Gasteiger partial charge in [-0.1, -0.05) is 60.7 Å². The van der Waals surface area contributed by atoms with E-state index in [-0.39, 0.29) is 5.48 Å². The van der Waals surface area contributed by atoms with Crippen LogP contribution >= 0.6 is 24.4 Å². The van der Waals surface area contributed by atoms with E-state index in [2.05, 4.69) is 44.7 Å². The van der Waals surface area contributed by atoms with Gasteiger partial charge in [-0.05, 0) is 59.8 Å². The second-order valence-corrected chi connectivity index (χ2v) is 8.58. The van der Waals surface area contributed by atoms with Gasteiger partial charge >= 0.3 is 0 Å². The molecule has 0 bridgehead atoms. The van der Waals surface area contributed by atoms with Gasteiger partial charge in [0.05, 0.1) is 25.6 Å². The van der Waals surface area contributed by atoms with Crippen LogP contribution in [0.15, 0.2) is 106 Å². The smallest absolute Gasteiger partial charge is 0.198 e. The van der Waals surface area contributed by atoms with Crippen molar-refractivity contribution in [1.29, 1.82) is 0 Å². The summed E-state index contributed by atoms with van der Waals surface area (Å²) < 4.78 is 15.7. The van der Waals surface area contributed by atoms with E-state index in [0.29, 0.717) is 45.8 Å². The average Bonchev–Trinajstić information content (AvgIpc) is 3.72. The molecular weight excluding hydrogens is 508 g/mol. The Bertz CT molecular complexity index is 1490. The largest absolute Gasteiger partial charge is 0.461 e. The molecule has 11 heteroatoms. The molecule has 0 unspecified atom stereocenters. The highest BCUT2D eigenvalue weighted by atomic mass is 32.1. The summed E-state index contributed by atoms with van der Waals surface area (Å²) in [6.45, 7) is 1.35. The summed E-state index contributed by atoms with van der Waals surface area (Å²) >= 11 is 10.5. The van der Waals surface area contributed by atoms with E-state index < -0.39 is 0 Å². The monoisotopic (exact) mass is 532 g/mol. The number of hydrogen-bond acceptors (Lipinski definition) is 6. The summed E-state index contributed by atoms with van der Waals surface area (Å²) in [6.07, 6.45) is 3.25. The van der Waals surface area contributed by atoms with Gasteiger partial charge in [-0.25, -0.2) is 0 Å². The summed E-state index contributed by atoms with van der Waals surface area (Å²) in [7, 11) is 0. The van der Waals surface area contributed by atoms with E-state index in [1.807, 2.05) is 69.8 Å². The highest BCUT2D eigenvalue weighted by Gasteiger charge is 2.12. The molecule has 0 amide bonds. The molecule has 6 rings (SSSR count). The lowest BCUT2D eigenvalue weighted by molar-refractivity contribution is 0.571. The van der Waals surface area contributed by atoms with Crippen LogP contribution < -0.4 is 0 Å². The van der Waals surface area contributed by atoms with Crippen molar-refractivity contribution in [2.45, 2.75) is 13.1 Å². The number of nitrogens with one attached hydrogen (secondary N) is 2. The first-order chi connectivity index (χ1) is 17.7. The summed E-state index contributed by atoms with van der Waals surface area (Å²) in [4.78, 5) is 0. The minimum absolute atomic E-state index is 0. The second-order valence-electron chi connectivity index (χ2n) is 7.80. The van der Waals surface area contributed by atoms with E-state index in [4.69, 9.17) is 33.3 Å². The van der Waals surface area contributed by atoms with Gasteiger partial charge in [0.1, 0.15) is 0 Å². The zero-order chi connectivity index (χ0) is 24.7. The summed E-state index contributed by atoms with van der Waals surface area (Å²) in [5, 5.41) is 14.0. The highest BCUT2D eigenvalue weighted by Crippen LogP contribution is 2.20. The van der Waals surface area contributed by atoms with Crippen molar-refractivity contribution >= 4 is 24.4 Å². The lowest BCUT2D eigenvalue weighted by Crippen LogP contribution is -2.01. The molecule has 0 saturated heterocycles. The Morgan fingerprint density at radius 2 is 1.00 bits per heavy atom. The van der Waals surface area contributed by atoms with Crippen molar-refractivity contribution in [1.82, 2.24) is 29.5 Å². The molecule has 9 nitrogen and oxygen atoms in total. The third-order valence-corrected chi connectivity index (χ3v) is 5.99. The van der Waals surface area contributed by atoms with Crippen LogP contribution in [0, 0.1) is 9.54 Å². The molecule has 0 spiro atoms. The standard InChI is InChI=1S/2C13H11N3OS.H2O/c2*18-13-15-14-12(11-7-4-8-17-11)16(13)9-10-5-2-1-3-6-10;/h2*1-8H,9H2,(H,15,18);1H2. The van der Waals surface area contributed by atoms with E-state index >= 15 is 0 Å². The third kappa shape index (κ3) is 6.09. The molecule has 0 aliphatic rings. The van der Waals surface area contributed by atoms with E-state index in [1.165, 1.54) is 11.1 Å². The van der Waals surface area contributed by atoms with Gasteiger partial charge in [0.2, 0.25) is 0 Å². The highest BCUT2D eigenvalue weighted by molar-refractivity contribution is 7.71. The number of aromatic amines is 2. The maximum Gasteiger partial charge on any atom is 0.198 e. The van der Waals surface area contributed by atoms with Crippen LogP contribution in [0.25, 0.3) is 23.2 Å². The van der Waals surface area contributed by atoms with Crippen molar-refractivity contribution in [3.05, 3.63) is 118 Å². The molecule has 0 fully saturated rings. The van der Waals surface area contributed by atoms with Gasteiger partial charge in [0, 0.05) is 0 Å². The van der Waals surface area contributed by atoms with Crippen LogP contribution in [0.5, 0.6) is 0 Å². The summed E-state index contributed by atoms with van der Waals surface area (Å²) in [5.74, 6) is 2.85. The van der Waals surface area contributed by atoms with Crippen molar-refractivity contribution in [3.8, 4) is 23.2 Å². The fourth-order valence-corrected chi connectivity index (χ4v) is 4.04. The average molecular weight is 533 g/mol. The number of nitrogens with zero attached hydrogens (tertiary/aromatic N) is 4. The normalized spacial score (nSPS) is 10.4.